The third-order valence-electron chi connectivity index (χ3n) is 2.64. The minimum atomic E-state index is 0.0724. The van der Waals surface area contributed by atoms with E-state index < -0.39 is 0 Å². The zero-order chi connectivity index (χ0) is 11.4. The molecule has 2 aromatic rings. The molecular formula is C12H16N4. The zero-order valence-corrected chi connectivity index (χ0v) is 9.37. The summed E-state index contributed by atoms with van der Waals surface area (Å²) in [5.74, 6) is 0. The smallest absolute Gasteiger partial charge is 0.0521 e. The predicted molar refractivity (Wildman–Crippen MR) is 62.7 cm³/mol. The molecule has 84 valence electrons. The van der Waals surface area contributed by atoms with Gasteiger partial charge in [-0.25, -0.2) is 0 Å². The van der Waals surface area contributed by atoms with Crippen LogP contribution in [0.2, 0.25) is 0 Å². The Bertz CT molecular complexity index is 435. The predicted octanol–water partition coefficient (Wildman–Crippen LogP) is 1.45. The maximum absolute atomic E-state index is 6.09. The molecule has 0 aromatic carbocycles. The summed E-state index contributed by atoms with van der Waals surface area (Å²) in [5.41, 5.74) is 8.46. The van der Waals surface area contributed by atoms with E-state index in [0.29, 0.717) is 0 Å². The molecule has 1 unspecified atom stereocenters. The third-order valence-corrected chi connectivity index (χ3v) is 2.64. The van der Waals surface area contributed by atoms with E-state index in [4.69, 9.17) is 5.73 Å². The van der Waals surface area contributed by atoms with Crippen molar-refractivity contribution in [2.45, 2.75) is 18.9 Å². The molecular weight excluding hydrogens is 200 g/mol. The molecule has 0 spiro atoms. The minimum Gasteiger partial charge on any atom is -0.324 e. The molecule has 0 saturated carbocycles. The van der Waals surface area contributed by atoms with Crippen molar-refractivity contribution in [2.75, 3.05) is 0 Å². The highest BCUT2D eigenvalue weighted by Crippen LogP contribution is 2.15. The summed E-state index contributed by atoms with van der Waals surface area (Å²) in [6.45, 7) is 0. The van der Waals surface area contributed by atoms with E-state index in [1.54, 1.807) is 12.4 Å². The van der Waals surface area contributed by atoms with E-state index >= 15 is 0 Å². The van der Waals surface area contributed by atoms with Gasteiger partial charge in [0.2, 0.25) is 0 Å². The summed E-state index contributed by atoms with van der Waals surface area (Å²) in [5, 5.41) is 4.13. The Hall–Kier alpha value is -1.68. The number of nitrogens with two attached hydrogens (primary N) is 1. The number of rotatable bonds is 4. The normalized spacial score (nSPS) is 12.6. The Labute approximate surface area is 95.1 Å². The summed E-state index contributed by atoms with van der Waals surface area (Å²) in [7, 11) is 1.92. The quantitative estimate of drug-likeness (QED) is 0.841. The number of pyridine rings is 1. The van der Waals surface area contributed by atoms with Gasteiger partial charge in [-0.3, -0.25) is 9.67 Å². The fraction of sp³-hybridized carbons (Fsp3) is 0.333. The Morgan fingerprint density at radius 2 is 2.12 bits per heavy atom. The van der Waals surface area contributed by atoms with Crippen LogP contribution in [0.15, 0.2) is 36.9 Å². The molecule has 2 heterocycles. The first-order valence-electron chi connectivity index (χ1n) is 5.39. The highest BCUT2D eigenvalue weighted by atomic mass is 15.2. The van der Waals surface area contributed by atoms with E-state index in [2.05, 4.69) is 10.1 Å². The Morgan fingerprint density at radius 3 is 2.75 bits per heavy atom. The maximum Gasteiger partial charge on any atom is 0.0521 e. The molecule has 2 N–H and O–H groups in total. The van der Waals surface area contributed by atoms with E-state index in [0.717, 1.165) is 18.4 Å². The molecule has 0 saturated heterocycles. The van der Waals surface area contributed by atoms with Crippen molar-refractivity contribution in [3.05, 3.63) is 48.0 Å². The van der Waals surface area contributed by atoms with Gasteiger partial charge in [-0.2, -0.15) is 5.10 Å². The molecule has 0 amide bonds. The SMILES string of the molecule is Cn1cc(CCC(N)c2ccncc2)cn1. The average Bonchev–Trinajstić information content (AvgIpc) is 2.73. The molecule has 4 heteroatoms. The van der Waals surface area contributed by atoms with Gasteiger partial charge in [-0.05, 0) is 36.1 Å². The van der Waals surface area contributed by atoms with E-state index in [1.165, 1.54) is 5.56 Å². The van der Waals surface area contributed by atoms with Gasteiger partial charge in [0.05, 0.1) is 6.20 Å². The van der Waals surface area contributed by atoms with Crippen LogP contribution in [0.3, 0.4) is 0 Å². The van der Waals surface area contributed by atoms with Crippen molar-refractivity contribution in [1.29, 1.82) is 0 Å². The second kappa shape index (κ2) is 4.90. The van der Waals surface area contributed by atoms with Crippen molar-refractivity contribution in [1.82, 2.24) is 14.8 Å². The van der Waals surface area contributed by atoms with E-state index in [9.17, 15) is 0 Å². The van der Waals surface area contributed by atoms with Gasteiger partial charge >= 0.3 is 0 Å². The standard InChI is InChI=1S/C12H16N4/c1-16-9-10(8-15-16)2-3-12(13)11-4-6-14-7-5-11/h4-9,12H,2-3,13H2,1H3. The minimum absolute atomic E-state index is 0.0724. The Balaban J connectivity index is 1.91. The van der Waals surface area contributed by atoms with Crippen molar-refractivity contribution in [3.63, 3.8) is 0 Å². The molecule has 0 radical (unpaired) electrons. The van der Waals surface area contributed by atoms with Gasteiger partial charge in [0.1, 0.15) is 0 Å². The van der Waals surface area contributed by atoms with Gasteiger partial charge < -0.3 is 5.73 Å². The van der Waals surface area contributed by atoms with Crippen LogP contribution in [0.4, 0.5) is 0 Å². The average molecular weight is 216 g/mol. The molecule has 0 aliphatic heterocycles. The number of hydrogen-bond donors (Lipinski definition) is 1. The van der Waals surface area contributed by atoms with Crippen LogP contribution in [-0.2, 0) is 13.5 Å². The second-order valence-corrected chi connectivity index (χ2v) is 3.95. The topological polar surface area (TPSA) is 56.7 Å². The van der Waals surface area contributed by atoms with Gasteiger partial charge in [-0.1, -0.05) is 0 Å². The molecule has 0 aliphatic rings. The van der Waals surface area contributed by atoms with Gasteiger partial charge in [-0.15, -0.1) is 0 Å². The van der Waals surface area contributed by atoms with Crippen molar-refractivity contribution in [2.24, 2.45) is 12.8 Å². The maximum atomic E-state index is 6.09. The first kappa shape index (κ1) is 10.8. The second-order valence-electron chi connectivity index (χ2n) is 3.95. The van der Waals surface area contributed by atoms with E-state index in [1.807, 2.05) is 36.3 Å². The first-order valence-corrected chi connectivity index (χ1v) is 5.39. The summed E-state index contributed by atoms with van der Waals surface area (Å²) in [6, 6.07) is 4.00. The molecule has 2 rings (SSSR count). The molecule has 2 aromatic heterocycles. The molecule has 0 aliphatic carbocycles. The molecule has 0 fully saturated rings. The number of nitrogens with zero attached hydrogens (tertiary/aromatic N) is 3. The fourth-order valence-corrected chi connectivity index (χ4v) is 1.70. The number of aromatic nitrogens is 3. The summed E-state index contributed by atoms with van der Waals surface area (Å²) < 4.78 is 1.81. The van der Waals surface area contributed by atoms with Crippen LogP contribution in [0.5, 0.6) is 0 Å². The largest absolute Gasteiger partial charge is 0.324 e. The highest BCUT2D eigenvalue weighted by molar-refractivity contribution is 5.15. The van der Waals surface area contributed by atoms with Crippen LogP contribution in [-0.4, -0.2) is 14.8 Å². The number of hydrogen-bond acceptors (Lipinski definition) is 3. The lowest BCUT2D eigenvalue weighted by molar-refractivity contribution is 0.650. The van der Waals surface area contributed by atoms with E-state index in [-0.39, 0.29) is 6.04 Å². The van der Waals surface area contributed by atoms with Gasteiger partial charge in [0.25, 0.3) is 0 Å². The van der Waals surface area contributed by atoms with Crippen LogP contribution >= 0.6 is 0 Å². The molecule has 4 nitrogen and oxygen atoms in total. The monoisotopic (exact) mass is 216 g/mol. The van der Waals surface area contributed by atoms with Crippen LogP contribution in [0.1, 0.15) is 23.6 Å². The highest BCUT2D eigenvalue weighted by Gasteiger charge is 2.06. The lowest BCUT2D eigenvalue weighted by atomic mass is 10.0. The van der Waals surface area contributed by atoms with Crippen LogP contribution < -0.4 is 5.73 Å². The molecule has 1 atom stereocenters. The van der Waals surface area contributed by atoms with Crippen LogP contribution in [0, 0.1) is 0 Å². The van der Waals surface area contributed by atoms with Gasteiger partial charge in [0, 0.05) is 31.7 Å². The molecule has 0 bridgehead atoms. The summed E-state index contributed by atoms with van der Waals surface area (Å²) in [4.78, 5) is 3.98. The summed E-state index contributed by atoms with van der Waals surface area (Å²) in [6.07, 6.45) is 9.35. The zero-order valence-electron chi connectivity index (χ0n) is 9.37. The first-order chi connectivity index (χ1) is 7.75. The third kappa shape index (κ3) is 2.67. The van der Waals surface area contributed by atoms with Crippen molar-refractivity contribution < 1.29 is 0 Å². The lowest BCUT2D eigenvalue weighted by Gasteiger charge is -2.10. The van der Waals surface area contributed by atoms with Crippen LogP contribution in [0.25, 0.3) is 0 Å². The van der Waals surface area contributed by atoms with Crippen molar-refractivity contribution >= 4 is 0 Å². The molecule has 16 heavy (non-hydrogen) atoms. The number of aryl methyl sites for hydroxylation is 2. The Kier molecular flexibility index (Phi) is 3.31. The van der Waals surface area contributed by atoms with Gasteiger partial charge in [0.15, 0.2) is 0 Å². The lowest BCUT2D eigenvalue weighted by Crippen LogP contribution is -2.11. The fourth-order valence-electron chi connectivity index (χ4n) is 1.70. The summed E-state index contributed by atoms with van der Waals surface area (Å²) >= 11 is 0. The van der Waals surface area contributed by atoms with Crippen molar-refractivity contribution in [3.8, 4) is 0 Å². The Morgan fingerprint density at radius 1 is 1.38 bits per heavy atom.